The first-order valence-electron chi connectivity index (χ1n) is 8.25. The van der Waals surface area contributed by atoms with Crippen molar-refractivity contribution in [2.75, 3.05) is 19.5 Å². The molecule has 3 heterocycles. The van der Waals surface area contributed by atoms with E-state index in [1.165, 1.54) is 18.0 Å². The van der Waals surface area contributed by atoms with E-state index in [0.717, 1.165) is 6.33 Å². The zero-order valence-corrected chi connectivity index (χ0v) is 21.4. The Labute approximate surface area is 233 Å². The predicted octanol–water partition coefficient (Wildman–Crippen LogP) is -11.9. The molecule has 4 N–H and O–H groups in total. The zero-order chi connectivity index (χ0) is 23.9. The van der Waals surface area contributed by atoms with Crippen LogP contribution in [0.1, 0.15) is 6.23 Å². The Morgan fingerprint density at radius 1 is 1.11 bits per heavy atom. The maximum absolute atomic E-state index is 11.7. The summed E-state index contributed by atoms with van der Waals surface area (Å²) >= 11 is 0. The van der Waals surface area contributed by atoms with Crippen LogP contribution in [0.4, 0.5) is 5.82 Å². The maximum atomic E-state index is 11.7. The second-order valence-electron chi connectivity index (χ2n) is 6.16. The van der Waals surface area contributed by atoms with Gasteiger partial charge in [-0.2, -0.15) is 0 Å². The monoisotopic (exact) mass is 539 g/mol. The number of phosphoric ester groups is 1. The van der Waals surface area contributed by atoms with Crippen LogP contribution in [0.2, 0.25) is 0 Å². The van der Waals surface area contributed by atoms with Crippen LogP contribution in [0.3, 0.4) is 0 Å². The summed E-state index contributed by atoms with van der Waals surface area (Å²) in [6.45, 7) is -0.976. The van der Waals surface area contributed by atoms with Gasteiger partial charge in [0.25, 0.3) is 23.5 Å². The first-order chi connectivity index (χ1) is 14.7. The Balaban J connectivity index is 0.00000385. The molecule has 18 nitrogen and oxygen atoms in total. The van der Waals surface area contributed by atoms with Gasteiger partial charge in [-0.05, 0) is 0 Å². The molecule has 3 rings (SSSR count). The minimum Gasteiger partial charge on any atom is -0.756 e. The number of nitrogens with zero attached hydrogens (tertiary/aromatic N) is 4. The molecule has 1 aliphatic rings. The number of hydrogen-bond donors (Lipinski definition) is 3. The number of fused-ring (bicyclic) bond motifs is 1. The number of anilines is 1. The van der Waals surface area contributed by atoms with Crippen molar-refractivity contribution < 1.29 is 118 Å². The fraction of sp³-hybridized carbons (Fsp3) is 0.545. The fourth-order valence-corrected chi connectivity index (χ4v) is 5.74. The van der Waals surface area contributed by atoms with E-state index in [2.05, 4.69) is 28.1 Å². The Morgan fingerprint density at radius 3 is 2.31 bits per heavy atom. The van der Waals surface area contributed by atoms with Gasteiger partial charge in [0.1, 0.15) is 30.2 Å². The van der Waals surface area contributed by atoms with Gasteiger partial charge in [-0.25, -0.2) is 23.6 Å². The van der Waals surface area contributed by atoms with E-state index < -0.39 is 54.6 Å². The van der Waals surface area contributed by atoms with Gasteiger partial charge in [-0.3, -0.25) is 18.3 Å². The molecule has 0 aromatic carbocycles. The van der Waals surface area contributed by atoms with Crippen molar-refractivity contribution in [3.63, 3.8) is 0 Å². The largest absolute Gasteiger partial charge is 1.00 e. The van der Waals surface area contributed by atoms with Gasteiger partial charge >= 0.3 is 56.6 Å². The molecule has 1 aliphatic heterocycles. The summed E-state index contributed by atoms with van der Waals surface area (Å²) in [4.78, 5) is 53.6. The SMILES string of the molecule is CO[C@@H]1[C@H](O)[C@@H](COP(=O)([O-])OP(=O)([O-])OP(=O)([O-])O)O[C@H]1n1cnc2c(N)ncnc21.[Li+].[Li+].[Li+]. The van der Waals surface area contributed by atoms with Crippen molar-refractivity contribution in [1.82, 2.24) is 19.5 Å². The van der Waals surface area contributed by atoms with E-state index in [4.69, 9.17) is 20.1 Å². The predicted molar refractivity (Wildman–Crippen MR) is 93.6 cm³/mol. The van der Waals surface area contributed by atoms with Gasteiger partial charge < -0.3 is 44.4 Å². The average Bonchev–Trinajstić information content (AvgIpc) is 3.18. The molecule has 0 saturated carbocycles. The summed E-state index contributed by atoms with van der Waals surface area (Å²) in [5.74, 6) is 0.0698. The molecule has 1 fully saturated rings. The molecular formula is C11H15Li3N5O13P3. The van der Waals surface area contributed by atoms with Gasteiger partial charge in [0, 0.05) is 7.11 Å². The minimum atomic E-state index is -6.06. The van der Waals surface area contributed by atoms with Gasteiger partial charge in [-0.1, -0.05) is 0 Å². The summed E-state index contributed by atoms with van der Waals surface area (Å²) < 4.78 is 56.5. The Kier molecular flexibility index (Phi) is 13.6. The van der Waals surface area contributed by atoms with Crippen LogP contribution in [-0.2, 0) is 36.3 Å². The number of imidazole rings is 1. The first kappa shape index (κ1) is 35.4. The molecule has 7 atom stereocenters. The number of phosphoric acid groups is 3. The van der Waals surface area contributed by atoms with Crippen LogP contribution >= 0.6 is 23.5 Å². The smallest absolute Gasteiger partial charge is 0.756 e. The normalized spacial score (nSPS) is 26.9. The summed E-state index contributed by atoms with van der Waals surface area (Å²) in [5, 5.41) is 10.4. The number of methoxy groups -OCH3 is 1. The number of ether oxygens (including phenoxy) is 2. The Hall–Kier alpha value is 0.432. The number of aliphatic hydroxyl groups excluding tert-OH is 1. The van der Waals surface area contributed by atoms with Crippen molar-refractivity contribution in [3.05, 3.63) is 12.7 Å². The topological polar surface area (TPSA) is 277 Å². The van der Waals surface area contributed by atoms with Crippen LogP contribution < -0.4 is 77.0 Å². The molecule has 2 aromatic heterocycles. The molecule has 0 bridgehead atoms. The molecule has 0 aliphatic carbocycles. The van der Waals surface area contributed by atoms with Crippen LogP contribution in [0, 0.1) is 0 Å². The molecule has 2 aromatic rings. The molecule has 35 heavy (non-hydrogen) atoms. The second kappa shape index (κ2) is 13.5. The van der Waals surface area contributed by atoms with E-state index >= 15 is 0 Å². The van der Waals surface area contributed by atoms with Crippen LogP contribution in [0.5, 0.6) is 0 Å². The molecule has 24 heteroatoms. The minimum absolute atomic E-state index is 0. The number of nitrogen functional groups attached to an aromatic ring is 1. The fourth-order valence-electron chi connectivity index (χ4n) is 2.84. The quantitative estimate of drug-likeness (QED) is 0.197. The van der Waals surface area contributed by atoms with E-state index in [9.17, 15) is 33.5 Å². The number of nitrogens with two attached hydrogens (primary N) is 1. The molecule has 3 unspecified atom stereocenters. The summed E-state index contributed by atoms with van der Waals surface area (Å²) in [5.41, 5.74) is 6.15. The van der Waals surface area contributed by atoms with Crippen molar-refractivity contribution in [3.8, 4) is 0 Å². The third-order valence-electron chi connectivity index (χ3n) is 4.05. The van der Waals surface area contributed by atoms with Crippen molar-refractivity contribution in [1.29, 1.82) is 0 Å². The van der Waals surface area contributed by atoms with E-state index in [1.54, 1.807) is 0 Å². The van der Waals surface area contributed by atoms with Gasteiger partial charge in [0.05, 0.1) is 12.9 Å². The third kappa shape index (κ3) is 9.00. The van der Waals surface area contributed by atoms with Gasteiger partial charge in [-0.15, -0.1) is 0 Å². The van der Waals surface area contributed by atoms with Crippen LogP contribution in [0.15, 0.2) is 12.7 Å². The Morgan fingerprint density at radius 2 is 1.74 bits per heavy atom. The van der Waals surface area contributed by atoms with Gasteiger partial charge in [0.15, 0.2) is 17.7 Å². The summed E-state index contributed by atoms with van der Waals surface area (Å²) in [6.07, 6.45) is -2.64. The molecular weight excluding hydrogens is 524 g/mol. The molecule has 0 spiro atoms. The van der Waals surface area contributed by atoms with Gasteiger partial charge in [0.2, 0.25) is 0 Å². The number of rotatable bonds is 9. The van der Waals surface area contributed by atoms with Crippen molar-refractivity contribution in [2.24, 2.45) is 0 Å². The number of aliphatic hydroxyl groups is 1. The van der Waals surface area contributed by atoms with Crippen LogP contribution in [-0.4, -0.2) is 61.5 Å². The van der Waals surface area contributed by atoms with E-state index in [-0.39, 0.29) is 73.6 Å². The molecule has 1 saturated heterocycles. The standard InChI is InChI=1S/C11H18N5O13P3.3Li/c1-25-8-7(17)5(2-26-31(21,22)29-32(23,24)28-30(18,19)20)27-11(8)16-4-15-6-9(12)13-3-14-10(6)16;;;/h3-5,7-8,11,17H,2H2,1H3,(H,21,22)(H,23,24)(H2,12,13,14)(H2,18,19,20);;;/q;3*+1/p-3/t5-,7-,8-,11-;;;/m1.../s1. The molecule has 0 radical (unpaired) electrons. The summed E-state index contributed by atoms with van der Waals surface area (Å²) in [7, 11) is -16.4. The van der Waals surface area contributed by atoms with Crippen molar-refractivity contribution in [2.45, 2.75) is 24.5 Å². The van der Waals surface area contributed by atoms with Crippen molar-refractivity contribution >= 4 is 40.4 Å². The van der Waals surface area contributed by atoms with E-state index in [0.29, 0.717) is 0 Å². The number of aromatic nitrogens is 4. The average molecular weight is 539 g/mol. The number of hydrogen-bond acceptors (Lipinski definition) is 16. The van der Waals surface area contributed by atoms with Crippen LogP contribution in [0.25, 0.3) is 11.2 Å². The molecule has 0 amide bonds. The Bertz CT molecular complexity index is 1140. The van der Waals surface area contributed by atoms with E-state index in [1.807, 2.05) is 0 Å². The molecule has 180 valence electrons. The zero-order valence-electron chi connectivity index (χ0n) is 18.8. The maximum Gasteiger partial charge on any atom is 1.00 e. The first-order valence-corrected chi connectivity index (χ1v) is 12.7. The summed E-state index contributed by atoms with van der Waals surface area (Å²) in [6, 6.07) is 0. The third-order valence-corrected chi connectivity index (χ3v) is 7.74. The second-order valence-corrected chi connectivity index (χ2v) is 10.5.